The monoisotopic (exact) mass is 463 g/mol. The van der Waals surface area contributed by atoms with Gasteiger partial charge < -0.3 is 14.5 Å². The smallest absolute Gasteiger partial charge is 0.267 e. The summed E-state index contributed by atoms with van der Waals surface area (Å²) in [7, 11) is 0. The van der Waals surface area contributed by atoms with Crippen molar-refractivity contribution in [2.75, 3.05) is 13.2 Å². The number of carbonyl (C=O) groups excluding carboxylic acids is 1. The van der Waals surface area contributed by atoms with Gasteiger partial charge in [0.05, 0.1) is 17.6 Å². The van der Waals surface area contributed by atoms with Crippen molar-refractivity contribution in [3.8, 4) is 5.75 Å². The summed E-state index contributed by atoms with van der Waals surface area (Å²) >= 11 is 0. The molecule has 1 aliphatic heterocycles. The van der Waals surface area contributed by atoms with E-state index < -0.39 is 0 Å². The first-order valence-electron chi connectivity index (χ1n) is 12.0. The Morgan fingerprint density at radius 3 is 2.85 bits per heavy atom. The largest absolute Gasteiger partial charge is 0.494 e. The molecule has 0 spiro atoms. The average Bonchev–Trinajstić information content (AvgIpc) is 3.24. The van der Waals surface area contributed by atoms with E-state index in [9.17, 15) is 4.79 Å². The van der Waals surface area contributed by atoms with E-state index in [1.807, 2.05) is 42.5 Å². The summed E-state index contributed by atoms with van der Waals surface area (Å²) in [5.74, 6) is 2.07. The first-order chi connectivity index (χ1) is 16.5. The highest BCUT2D eigenvalue weighted by atomic mass is 16.8. The fraction of sp³-hybridized carbons (Fsp3) is 0.407. The van der Waals surface area contributed by atoms with E-state index in [4.69, 9.17) is 19.3 Å². The summed E-state index contributed by atoms with van der Waals surface area (Å²) in [6, 6.07) is 14.0. The Hall–Kier alpha value is -3.16. The van der Waals surface area contributed by atoms with Gasteiger partial charge in [0.25, 0.3) is 5.91 Å². The van der Waals surface area contributed by atoms with Gasteiger partial charge >= 0.3 is 0 Å². The molecule has 2 heterocycles. The van der Waals surface area contributed by atoms with Crippen molar-refractivity contribution in [2.24, 2.45) is 5.92 Å². The van der Waals surface area contributed by atoms with Crippen molar-refractivity contribution in [3.63, 3.8) is 0 Å². The molecule has 4 rings (SSSR count). The Morgan fingerprint density at radius 1 is 1.24 bits per heavy atom. The highest BCUT2D eigenvalue weighted by Crippen LogP contribution is 2.21. The third kappa shape index (κ3) is 7.17. The second-order valence-electron chi connectivity index (χ2n) is 9.03. The molecule has 0 radical (unpaired) electrons. The van der Waals surface area contributed by atoms with Crippen LogP contribution in [0.3, 0.4) is 0 Å². The number of rotatable bonds is 10. The third-order valence-corrected chi connectivity index (χ3v) is 5.67. The molecule has 2 N–H and O–H groups in total. The molecule has 0 bridgehead atoms. The normalized spacial score (nSPS) is 16.4. The highest BCUT2D eigenvalue weighted by Gasteiger charge is 2.15. The highest BCUT2D eigenvalue weighted by molar-refractivity contribution is 5.90. The van der Waals surface area contributed by atoms with E-state index in [2.05, 4.69) is 24.3 Å². The second kappa shape index (κ2) is 11.8. The number of hydrogen-bond acceptors (Lipinski definition) is 5. The van der Waals surface area contributed by atoms with Gasteiger partial charge in [-0.2, -0.15) is 0 Å². The molecule has 1 aromatic heterocycles. The van der Waals surface area contributed by atoms with Crippen molar-refractivity contribution >= 4 is 23.0 Å². The van der Waals surface area contributed by atoms with Crippen LogP contribution < -0.4 is 10.2 Å². The van der Waals surface area contributed by atoms with Crippen molar-refractivity contribution in [2.45, 2.75) is 52.2 Å². The van der Waals surface area contributed by atoms with Gasteiger partial charge in [-0.3, -0.25) is 4.79 Å². The van der Waals surface area contributed by atoms with Gasteiger partial charge in [-0.15, -0.1) is 0 Å². The number of amides is 1. The fourth-order valence-electron chi connectivity index (χ4n) is 3.70. The number of hydrogen-bond donors (Lipinski definition) is 2. The van der Waals surface area contributed by atoms with Crippen LogP contribution in [-0.4, -0.2) is 35.4 Å². The molecular weight excluding hydrogens is 430 g/mol. The van der Waals surface area contributed by atoms with Crippen LogP contribution in [0.4, 0.5) is 0 Å². The predicted octanol–water partition coefficient (Wildman–Crippen LogP) is 5.17. The molecule has 34 heavy (non-hydrogen) atoms. The third-order valence-electron chi connectivity index (χ3n) is 5.67. The van der Waals surface area contributed by atoms with Gasteiger partial charge in [0, 0.05) is 31.6 Å². The standard InChI is InChI=1S/C27H33N3O4/c1-19(2)14-16-32-22-11-12-23-24(18-22)29-25(28-23)17-21-8-6-20(7-9-21)10-13-26(31)30-34-27-5-3-4-15-33-27/h6-13,18-19,27H,3-5,14-17H2,1-2H3,(H,28,29)(H,30,31)/b13-10+. The summed E-state index contributed by atoms with van der Waals surface area (Å²) in [5, 5.41) is 0. The first kappa shape index (κ1) is 24.0. The van der Waals surface area contributed by atoms with Gasteiger partial charge in [-0.25, -0.2) is 15.3 Å². The minimum absolute atomic E-state index is 0.312. The zero-order valence-electron chi connectivity index (χ0n) is 19.9. The molecule has 180 valence electrons. The lowest BCUT2D eigenvalue weighted by molar-refractivity contribution is -0.198. The number of benzene rings is 2. The van der Waals surface area contributed by atoms with Crippen LogP contribution in [0.1, 0.15) is 56.5 Å². The van der Waals surface area contributed by atoms with Crippen LogP contribution in [0.5, 0.6) is 5.75 Å². The van der Waals surface area contributed by atoms with Gasteiger partial charge in [-0.05, 0) is 54.5 Å². The molecule has 1 saturated heterocycles. The number of hydroxylamine groups is 1. The topological polar surface area (TPSA) is 85.5 Å². The van der Waals surface area contributed by atoms with Crippen LogP contribution >= 0.6 is 0 Å². The fourth-order valence-corrected chi connectivity index (χ4v) is 3.70. The van der Waals surface area contributed by atoms with Crippen molar-refractivity contribution < 1.29 is 19.1 Å². The number of H-pyrrole nitrogens is 1. The number of imidazole rings is 1. The molecule has 1 unspecified atom stereocenters. The Labute approximate surface area is 200 Å². The van der Waals surface area contributed by atoms with E-state index in [1.165, 1.54) is 6.08 Å². The molecule has 3 aromatic rings. The van der Waals surface area contributed by atoms with Crippen LogP contribution in [0.25, 0.3) is 17.1 Å². The van der Waals surface area contributed by atoms with Crippen molar-refractivity contribution in [1.29, 1.82) is 0 Å². The molecule has 2 aromatic carbocycles. The lowest BCUT2D eigenvalue weighted by atomic mass is 10.1. The zero-order valence-corrected chi connectivity index (χ0v) is 19.9. The molecule has 1 fully saturated rings. The SMILES string of the molecule is CC(C)CCOc1ccc2nc(Cc3ccc(/C=C/C(=O)NOC4CCCCO4)cc3)[nH]c2c1. The lowest BCUT2D eigenvalue weighted by Crippen LogP contribution is -2.32. The van der Waals surface area contributed by atoms with Gasteiger partial charge in [0.1, 0.15) is 11.6 Å². The quantitative estimate of drug-likeness (QED) is 0.320. The summed E-state index contributed by atoms with van der Waals surface area (Å²) in [4.78, 5) is 25.3. The Kier molecular flexibility index (Phi) is 8.33. The number of nitrogens with one attached hydrogen (secondary N) is 2. The van der Waals surface area contributed by atoms with E-state index in [-0.39, 0.29) is 12.2 Å². The minimum Gasteiger partial charge on any atom is -0.494 e. The number of carbonyl (C=O) groups is 1. The van der Waals surface area contributed by atoms with E-state index in [1.54, 1.807) is 6.08 Å². The number of fused-ring (bicyclic) bond motifs is 1. The van der Waals surface area contributed by atoms with Crippen LogP contribution in [0.2, 0.25) is 0 Å². The second-order valence-corrected chi connectivity index (χ2v) is 9.03. The number of aromatic amines is 1. The predicted molar refractivity (Wildman–Crippen MR) is 132 cm³/mol. The molecule has 7 nitrogen and oxygen atoms in total. The molecule has 1 amide bonds. The van der Waals surface area contributed by atoms with Crippen LogP contribution in [0.15, 0.2) is 48.5 Å². The summed E-state index contributed by atoms with van der Waals surface area (Å²) in [6.45, 7) is 5.77. The Morgan fingerprint density at radius 2 is 2.09 bits per heavy atom. The Bertz CT molecular complexity index is 1100. The van der Waals surface area contributed by atoms with E-state index in [0.29, 0.717) is 25.6 Å². The maximum Gasteiger partial charge on any atom is 0.267 e. The summed E-state index contributed by atoms with van der Waals surface area (Å²) < 4.78 is 11.3. The van der Waals surface area contributed by atoms with E-state index >= 15 is 0 Å². The maximum absolute atomic E-state index is 12.0. The number of aromatic nitrogens is 2. The molecular formula is C27H33N3O4. The minimum atomic E-state index is -0.354. The zero-order chi connectivity index (χ0) is 23.8. The molecule has 1 aliphatic rings. The first-order valence-corrected chi connectivity index (χ1v) is 12.0. The molecule has 7 heteroatoms. The van der Waals surface area contributed by atoms with Crippen molar-refractivity contribution in [3.05, 3.63) is 65.5 Å². The number of ether oxygens (including phenoxy) is 2. The van der Waals surface area contributed by atoms with Crippen LogP contribution in [0, 0.1) is 5.92 Å². The van der Waals surface area contributed by atoms with E-state index in [0.717, 1.165) is 59.4 Å². The summed E-state index contributed by atoms with van der Waals surface area (Å²) in [6.07, 6.45) is 7.46. The molecule has 1 atom stereocenters. The van der Waals surface area contributed by atoms with Gasteiger partial charge in [0.15, 0.2) is 6.29 Å². The Balaban J connectivity index is 1.28. The van der Waals surface area contributed by atoms with Gasteiger partial charge in [0.2, 0.25) is 0 Å². The van der Waals surface area contributed by atoms with Crippen LogP contribution in [-0.2, 0) is 20.8 Å². The summed E-state index contributed by atoms with van der Waals surface area (Å²) in [5.41, 5.74) is 6.39. The number of nitrogens with zero attached hydrogens (tertiary/aromatic N) is 1. The van der Waals surface area contributed by atoms with Crippen molar-refractivity contribution in [1.82, 2.24) is 15.4 Å². The maximum atomic E-state index is 12.0. The average molecular weight is 464 g/mol. The lowest BCUT2D eigenvalue weighted by Gasteiger charge is -2.21. The molecule has 0 saturated carbocycles. The van der Waals surface area contributed by atoms with Gasteiger partial charge in [-0.1, -0.05) is 38.1 Å². The molecule has 0 aliphatic carbocycles.